The maximum atomic E-state index is 1.56. The van der Waals surface area contributed by atoms with Crippen LogP contribution in [0.1, 0.15) is 64.2 Å². The molecule has 0 atom stereocenters. The van der Waals surface area contributed by atoms with Crippen molar-refractivity contribution < 1.29 is 0 Å². The fourth-order valence-corrected chi connectivity index (χ4v) is 3.21. The van der Waals surface area contributed by atoms with Crippen LogP contribution >= 0.6 is 0 Å². The largest absolute Gasteiger partial charge is 0.316 e. The predicted octanol–water partition coefficient (Wildman–Crippen LogP) is 3.23. The van der Waals surface area contributed by atoms with Crippen LogP contribution in [0, 0.1) is 11.8 Å². The zero-order valence-corrected chi connectivity index (χ0v) is 8.23. The topological polar surface area (TPSA) is 0 Å². The van der Waals surface area contributed by atoms with Crippen molar-refractivity contribution >= 4 is 23.1 Å². The summed E-state index contributed by atoms with van der Waals surface area (Å²) in [4.78, 5) is 0. The first-order valence-corrected chi connectivity index (χ1v) is 5.97. The second-order valence-electron chi connectivity index (χ2n) is 4.80. The molecule has 0 nitrogen and oxygen atoms in total. The van der Waals surface area contributed by atoms with Gasteiger partial charge >= 0.3 is 23.1 Å². The van der Waals surface area contributed by atoms with Crippen molar-refractivity contribution in [2.24, 2.45) is 11.8 Å². The summed E-state index contributed by atoms with van der Waals surface area (Å²) < 4.78 is 0. The van der Waals surface area contributed by atoms with Gasteiger partial charge in [0.1, 0.15) is 0 Å². The summed E-state index contributed by atoms with van der Waals surface area (Å²) in [7, 11) is 0. The van der Waals surface area contributed by atoms with Gasteiger partial charge in [-0.3, -0.25) is 0 Å². The predicted molar refractivity (Wildman–Crippen MR) is 61.7 cm³/mol. The standard InChI is InChI=1S/C12H22.Mg.2H/c1-3-7-11(8-4-1)12-9-5-2-6-10-12;;;/h11-12H,1-10H2;;;. The second kappa shape index (κ2) is 6.29. The van der Waals surface area contributed by atoms with E-state index in [1.54, 1.807) is 25.7 Å². The van der Waals surface area contributed by atoms with E-state index in [9.17, 15) is 0 Å². The van der Waals surface area contributed by atoms with E-state index in [1.165, 1.54) is 38.5 Å². The summed E-state index contributed by atoms with van der Waals surface area (Å²) in [5.74, 6) is 2.28. The molecule has 2 fully saturated rings. The van der Waals surface area contributed by atoms with Gasteiger partial charge in [-0.15, -0.1) is 0 Å². The molecule has 13 heavy (non-hydrogen) atoms. The molecule has 0 aliphatic heterocycles. The molecule has 0 saturated heterocycles. The lowest BCUT2D eigenvalue weighted by Crippen LogP contribution is -2.20. The van der Waals surface area contributed by atoms with E-state index in [0.717, 1.165) is 11.8 Å². The van der Waals surface area contributed by atoms with Crippen molar-refractivity contribution in [3.05, 3.63) is 0 Å². The van der Waals surface area contributed by atoms with Crippen molar-refractivity contribution in [2.45, 2.75) is 64.2 Å². The number of rotatable bonds is 1. The van der Waals surface area contributed by atoms with E-state index >= 15 is 0 Å². The van der Waals surface area contributed by atoms with Gasteiger partial charge in [-0.05, 0) is 11.8 Å². The average Bonchev–Trinajstić information content (AvgIpc) is 2.21. The SMILES string of the molecule is C1CCC(C2CCCCC2)CC1.[MgH2]. The maximum absolute atomic E-state index is 1.56. The molecule has 0 spiro atoms. The Kier molecular flexibility index (Phi) is 5.73. The van der Waals surface area contributed by atoms with E-state index in [4.69, 9.17) is 0 Å². The molecule has 0 radical (unpaired) electrons. The van der Waals surface area contributed by atoms with Gasteiger partial charge in [0.2, 0.25) is 0 Å². The fraction of sp³-hybridized carbons (Fsp3) is 1.00. The van der Waals surface area contributed by atoms with Crippen LogP contribution in [0.2, 0.25) is 0 Å². The molecule has 0 heterocycles. The minimum atomic E-state index is 0. The van der Waals surface area contributed by atoms with Crippen LogP contribution in [-0.4, -0.2) is 23.1 Å². The van der Waals surface area contributed by atoms with Crippen molar-refractivity contribution in [3.63, 3.8) is 0 Å². The van der Waals surface area contributed by atoms with Crippen LogP contribution < -0.4 is 0 Å². The lowest BCUT2D eigenvalue weighted by atomic mass is 9.73. The Morgan fingerprint density at radius 3 is 1.08 bits per heavy atom. The molecular formula is C12H24Mg. The molecule has 2 saturated carbocycles. The van der Waals surface area contributed by atoms with Crippen molar-refractivity contribution in [2.75, 3.05) is 0 Å². The van der Waals surface area contributed by atoms with Gasteiger partial charge in [-0.25, -0.2) is 0 Å². The van der Waals surface area contributed by atoms with Crippen LogP contribution in [0.3, 0.4) is 0 Å². The Morgan fingerprint density at radius 2 is 0.769 bits per heavy atom. The minimum absolute atomic E-state index is 0. The van der Waals surface area contributed by atoms with E-state index in [0.29, 0.717) is 0 Å². The van der Waals surface area contributed by atoms with Crippen LogP contribution in [0.5, 0.6) is 0 Å². The molecule has 0 unspecified atom stereocenters. The second-order valence-corrected chi connectivity index (χ2v) is 4.80. The van der Waals surface area contributed by atoms with Gasteiger partial charge in [0.05, 0.1) is 0 Å². The monoisotopic (exact) mass is 192 g/mol. The van der Waals surface area contributed by atoms with Gasteiger partial charge < -0.3 is 0 Å². The van der Waals surface area contributed by atoms with Gasteiger partial charge in [0.15, 0.2) is 0 Å². The van der Waals surface area contributed by atoms with Crippen LogP contribution in [0.15, 0.2) is 0 Å². The Morgan fingerprint density at radius 1 is 0.462 bits per heavy atom. The summed E-state index contributed by atoms with van der Waals surface area (Å²) in [5, 5.41) is 0. The van der Waals surface area contributed by atoms with Gasteiger partial charge in [0, 0.05) is 0 Å². The first-order valence-electron chi connectivity index (χ1n) is 5.97. The molecule has 0 aromatic rings. The third kappa shape index (κ3) is 3.43. The van der Waals surface area contributed by atoms with Crippen molar-refractivity contribution in [1.82, 2.24) is 0 Å². The summed E-state index contributed by atoms with van der Waals surface area (Å²) in [6.07, 6.45) is 15.4. The first kappa shape index (κ1) is 11.8. The Labute approximate surface area is 99.0 Å². The van der Waals surface area contributed by atoms with Gasteiger partial charge in [-0.1, -0.05) is 64.2 Å². The number of hydrogen-bond donors (Lipinski definition) is 0. The highest BCUT2D eigenvalue weighted by Gasteiger charge is 2.24. The molecule has 2 aliphatic carbocycles. The molecule has 74 valence electrons. The summed E-state index contributed by atoms with van der Waals surface area (Å²) in [5.41, 5.74) is 0. The highest BCUT2D eigenvalue weighted by atomic mass is 24.3. The van der Waals surface area contributed by atoms with Gasteiger partial charge in [0.25, 0.3) is 0 Å². The van der Waals surface area contributed by atoms with Crippen molar-refractivity contribution in [3.8, 4) is 0 Å². The lowest BCUT2D eigenvalue weighted by molar-refractivity contribution is 0.196. The highest BCUT2D eigenvalue weighted by molar-refractivity contribution is 5.75. The summed E-state index contributed by atoms with van der Waals surface area (Å²) in [6.45, 7) is 0. The van der Waals surface area contributed by atoms with E-state index < -0.39 is 0 Å². The van der Waals surface area contributed by atoms with Crippen LogP contribution in [0.25, 0.3) is 0 Å². The van der Waals surface area contributed by atoms with Crippen LogP contribution in [0.4, 0.5) is 0 Å². The zero-order valence-electron chi connectivity index (χ0n) is 8.23. The fourth-order valence-electron chi connectivity index (χ4n) is 3.21. The molecule has 0 aromatic carbocycles. The molecule has 0 bridgehead atoms. The Hall–Kier alpha value is 0.766. The quantitative estimate of drug-likeness (QED) is 0.560. The van der Waals surface area contributed by atoms with Gasteiger partial charge in [-0.2, -0.15) is 0 Å². The molecule has 2 aliphatic rings. The van der Waals surface area contributed by atoms with Crippen LogP contribution in [-0.2, 0) is 0 Å². The minimum Gasteiger partial charge on any atom is -0.0533 e. The molecule has 0 amide bonds. The van der Waals surface area contributed by atoms with E-state index in [1.807, 2.05) is 0 Å². The smallest absolute Gasteiger partial charge is 0.0533 e. The van der Waals surface area contributed by atoms with E-state index in [-0.39, 0.29) is 23.1 Å². The average molecular weight is 193 g/mol. The van der Waals surface area contributed by atoms with E-state index in [2.05, 4.69) is 0 Å². The third-order valence-corrected chi connectivity index (χ3v) is 3.97. The molecular weight excluding hydrogens is 168 g/mol. The number of hydrogen-bond acceptors (Lipinski definition) is 0. The molecule has 0 N–H and O–H groups in total. The Balaban J connectivity index is 0.000000845. The lowest BCUT2D eigenvalue weighted by Gasteiger charge is -2.32. The first-order chi connectivity index (χ1) is 5.97. The molecule has 0 aromatic heterocycles. The zero-order chi connectivity index (χ0) is 8.23. The normalized spacial score (nSPS) is 26.8. The third-order valence-electron chi connectivity index (χ3n) is 3.97. The highest BCUT2D eigenvalue weighted by Crippen LogP contribution is 2.37. The van der Waals surface area contributed by atoms with Crippen molar-refractivity contribution in [1.29, 1.82) is 0 Å². The molecule has 1 heteroatoms. The maximum Gasteiger partial charge on any atom is 0.316 e. The summed E-state index contributed by atoms with van der Waals surface area (Å²) >= 11 is 0. The molecule has 2 rings (SSSR count). The summed E-state index contributed by atoms with van der Waals surface area (Å²) in [6, 6.07) is 0. The Bertz CT molecular complexity index is 105.